The Bertz CT molecular complexity index is 613. The van der Waals surface area contributed by atoms with Crippen LogP contribution in [0.15, 0.2) is 12.1 Å². The van der Waals surface area contributed by atoms with Crippen molar-refractivity contribution in [3.8, 4) is 0 Å². The summed E-state index contributed by atoms with van der Waals surface area (Å²) in [6.45, 7) is 4.29. The molecule has 0 N–H and O–H groups in total. The first kappa shape index (κ1) is 18.3. The summed E-state index contributed by atoms with van der Waals surface area (Å²) in [4.78, 5) is 25.9. The lowest BCUT2D eigenvalue weighted by atomic mass is 10.2. The molecular formula is C15H16Cl3NO4. The van der Waals surface area contributed by atoms with Crippen LogP contribution < -0.4 is 0 Å². The maximum absolute atomic E-state index is 12.2. The van der Waals surface area contributed by atoms with E-state index in [0.717, 1.165) is 0 Å². The minimum atomic E-state index is -0.787. The molecule has 0 aromatic heterocycles. The highest BCUT2D eigenvalue weighted by molar-refractivity contribution is 6.46. The van der Waals surface area contributed by atoms with Gasteiger partial charge in [0.25, 0.3) is 5.91 Å². The number of ether oxygens (including phenoxy) is 2. The van der Waals surface area contributed by atoms with Gasteiger partial charge in [-0.25, -0.2) is 4.79 Å². The molecule has 1 aromatic carbocycles. The normalized spacial score (nSPS) is 21.2. The summed E-state index contributed by atoms with van der Waals surface area (Å²) >= 11 is 17.8. The number of esters is 1. The number of hydrogen-bond acceptors (Lipinski definition) is 4. The Labute approximate surface area is 149 Å². The molecule has 2 rings (SSSR count). The smallest absolute Gasteiger partial charge is 0.341 e. The highest BCUT2D eigenvalue weighted by Crippen LogP contribution is 2.31. The Morgan fingerprint density at radius 1 is 1.17 bits per heavy atom. The van der Waals surface area contributed by atoms with Crippen LogP contribution in [0.3, 0.4) is 0 Å². The summed E-state index contributed by atoms with van der Waals surface area (Å²) in [5.74, 6) is -1.08. The van der Waals surface area contributed by atoms with Crippen molar-refractivity contribution in [1.82, 2.24) is 4.90 Å². The number of nitrogens with zero attached hydrogens (tertiary/aromatic N) is 1. The monoisotopic (exact) mass is 379 g/mol. The van der Waals surface area contributed by atoms with E-state index in [1.165, 1.54) is 12.1 Å². The van der Waals surface area contributed by atoms with Crippen LogP contribution in [-0.4, -0.2) is 48.7 Å². The van der Waals surface area contributed by atoms with E-state index in [1.54, 1.807) is 4.90 Å². The van der Waals surface area contributed by atoms with Gasteiger partial charge < -0.3 is 14.4 Å². The Balaban J connectivity index is 1.99. The Hall–Kier alpha value is -1.01. The standard InChI is InChI=1S/C15H16Cl3NO4/c1-8-5-19(6-9(2)23-8)12(20)7-22-15(21)13-10(16)3-4-11(17)14(13)18/h3-4,8-9H,5-7H2,1-2H3/t8-,9-/m0/s1. The third-order valence-electron chi connectivity index (χ3n) is 3.35. The topological polar surface area (TPSA) is 55.8 Å². The molecule has 1 fully saturated rings. The number of morpholine rings is 1. The van der Waals surface area contributed by atoms with Crippen LogP contribution in [0.5, 0.6) is 0 Å². The molecule has 1 saturated heterocycles. The molecule has 0 aliphatic carbocycles. The predicted octanol–water partition coefficient (Wildman–Crippen LogP) is 3.44. The third kappa shape index (κ3) is 4.51. The zero-order chi connectivity index (χ0) is 17.1. The highest BCUT2D eigenvalue weighted by atomic mass is 35.5. The minimum Gasteiger partial charge on any atom is -0.452 e. The minimum absolute atomic E-state index is 0.00484. The maximum Gasteiger partial charge on any atom is 0.341 e. The molecule has 1 aliphatic rings. The van der Waals surface area contributed by atoms with Gasteiger partial charge >= 0.3 is 5.97 Å². The molecule has 0 radical (unpaired) electrons. The van der Waals surface area contributed by atoms with E-state index in [0.29, 0.717) is 13.1 Å². The molecule has 126 valence electrons. The van der Waals surface area contributed by atoms with Gasteiger partial charge in [-0.05, 0) is 26.0 Å². The van der Waals surface area contributed by atoms with Gasteiger partial charge in [-0.2, -0.15) is 0 Å². The van der Waals surface area contributed by atoms with Gasteiger partial charge in [0.15, 0.2) is 6.61 Å². The second-order valence-corrected chi connectivity index (χ2v) is 6.54. The van der Waals surface area contributed by atoms with E-state index in [4.69, 9.17) is 44.3 Å². The lowest BCUT2D eigenvalue weighted by Gasteiger charge is -2.35. The van der Waals surface area contributed by atoms with Crippen LogP contribution >= 0.6 is 34.8 Å². The van der Waals surface area contributed by atoms with E-state index < -0.39 is 12.6 Å². The first-order valence-corrected chi connectivity index (χ1v) is 8.16. The van der Waals surface area contributed by atoms with Crippen LogP contribution in [0.25, 0.3) is 0 Å². The molecule has 0 saturated carbocycles. The van der Waals surface area contributed by atoms with Crippen LogP contribution in [0.1, 0.15) is 24.2 Å². The van der Waals surface area contributed by atoms with E-state index in [1.807, 2.05) is 13.8 Å². The molecule has 1 aliphatic heterocycles. The fourth-order valence-electron chi connectivity index (χ4n) is 2.39. The van der Waals surface area contributed by atoms with E-state index in [-0.39, 0.29) is 38.7 Å². The van der Waals surface area contributed by atoms with Crippen LogP contribution in [0.2, 0.25) is 15.1 Å². The van der Waals surface area contributed by atoms with Crippen molar-refractivity contribution in [2.24, 2.45) is 0 Å². The van der Waals surface area contributed by atoms with Gasteiger partial charge in [0.05, 0.1) is 32.8 Å². The first-order chi connectivity index (χ1) is 10.8. The van der Waals surface area contributed by atoms with Crippen molar-refractivity contribution in [3.63, 3.8) is 0 Å². The molecule has 1 heterocycles. The summed E-state index contributed by atoms with van der Waals surface area (Å²) in [6, 6.07) is 2.92. The van der Waals surface area contributed by atoms with Crippen molar-refractivity contribution < 1.29 is 19.1 Å². The molecule has 1 amide bonds. The summed E-state index contributed by atoms with van der Waals surface area (Å²) < 4.78 is 10.6. The largest absolute Gasteiger partial charge is 0.452 e. The molecule has 1 aromatic rings. The van der Waals surface area contributed by atoms with Gasteiger partial charge in [0.2, 0.25) is 0 Å². The van der Waals surface area contributed by atoms with Gasteiger partial charge in [0, 0.05) is 13.1 Å². The second kappa shape index (κ2) is 7.71. The van der Waals surface area contributed by atoms with Crippen LogP contribution in [-0.2, 0) is 14.3 Å². The highest BCUT2D eigenvalue weighted by Gasteiger charge is 2.27. The SMILES string of the molecule is C[C@H]1CN(C(=O)COC(=O)c2c(Cl)ccc(Cl)c2Cl)C[C@H](C)O1. The van der Waals surface area contributed by atoms with Crippen molar-refractivity contribution in [1.29, 1.82) is 0 Å². The number of amides is 1. The second-order valence-electron chi connectivity index (χ2n) is 5.35. The van der Waals surface area contributed by atoms with Crippen molar-refractivity contribution in [3.05, 3.63) is 32.8 Å². The zero-order valence-corrected chi connectivity index (χ0v) is 14.9. The fraction of sp³-hybridized carbons (Fsp3) is 0.467. The molecule has 0 bridgehead atoms. The molecule has 0 spiro atoms. The van der Waals surface area contributed by atoms with E-state index in [2.05, 4.69) is 0 Å². The molecule has 0 unspecified atom stereocenters. The van der Waals surface area contributed by atoms with Crippen LogP contribution in [0, 0.1) is 0 Å². The number of rotatable bonds is 3. The van der Waals surface area contributed by atoms with E-state index in [9.17, 15) is 9.59 Å². The zero-order valence-electron chi connectivity index (χ0n) is 12.6. The average molecular weight is 381 g/mol. The Morgan fingerprint density at radius 3 is 2.35 bits per heavy atom. The molecular weight excluding hydrogens is 365 g/mol. The average Bonchev–Trinajstić information content (AvgIpc) is 2.48. The maximum atomic E-state index is 12.2. The lowest BCUT2D eigenvalue weighted by Crippen LogP contribution is -2.49. The molecule has 5 nitrogen and oxygen atoms in total. The number of halogens is 3. The van der Waals surface area contributed by atoms with Gasteiger partial charge in [-0.15, -0.1) is 0 Å². The number of carbonyl (C=O) groups is 2. The first-order valence-electron chi connectivity index (χ1n) is 7.03. The van der Waals surface area contributed by atoms with Crippen molar-refractivity contribution in [2.45, 2.75) is 26.1 Å². The number of benzene rings is 1. The number of carbonyl (C=O) groups excluding carboxylic acids is 2. The third-order valence-corrected chi connectivity index (χ3v) is 4.47. The van der Waals surface area contributed by atoms with Crippen molar-refractivity contribution >= 4 is 46.7 Å². The van der Waals surface area contributed by atoms with E-state index >= 15 is 0 Å². The Kier molecular flexibility index (Phi) is 6.14. The van der Waals surface area contributed by atoms with Gasteiger partial charge in [-0.1, -0.05) is 34.8 Å². The van der Waals surface area contributed by atoms with Gasteiger partial charge in [-0.3, -0.25) is 4.79 Å². The van der Waals surface area contributed by atoms with Gasteiger partial charge in [0.1, 0.15) is 0 Å². The quantitative estimate of drug-likeness (QED) is 0.595. The van der Waals surface area contributed by atoms with Crippen molar-refractivity contribution in [2.75, 3.05) is 19.7 Å². The molecule has 8 heteroatoms. The summed E-state index contributed by atoms with van der Waals surface area (Å²) in [7, 11) is 0. The van der Waals surface area contributed by atoms with Crippen LogP contribution in [0.4, 0.5) is 0 Å². The predicted molar refractivity (Wildman–Crippen MR) is 88.3 cm³/mol. The lowest BCUT2D eigenvalue weighted by molar-refractivity contribution is -0.146. The summed E-state index contributed by atoms with van der Waals surface area (Å²) in [5, 5.41) is 0.306. The summed E-state index contributed by atoms with van der Waals surface area (Å²) in [6.07, 6.45) is -0.120. The number of hydrogen-bond donors (Lipinski definition) is 0. The molecule has 2 atom stereocenters. The Morgan fingerprint density at radius 2 is 1.74 bits per heavy atom. The molecule has 23 heavy (non-hydrogen) atoms. The fourth-order valence-corrected chi connectivity index (χ4v) is 3.07. The summed E-state index contributed by atoms with van der Waals surface area (Å²) in [5.41, 5.74) is -0.0441.